The minimum Gasteiger partial charge on any atom is -0.546 e. The van der Waals surface area contributed by atoms with Gasteiger partial charge >= 0.3 is 0 Å². The lowest BCUT2D eigenvalue weighted by Crippen LogP contribution is -2.46. The first kappa shape index (κ1) is 12.6. The highest BCUT2D eigenvalue weighted by molar-refractivity contribution is 6.31. The second kappa shape index (κ2) is 4.80. The molecule has 0 aliphatic heterocycles. The van der Waals surface area contributed by atoms with Gasteiger partial charge in [-0.05, 0) is 11.6 Å². The summed E-state index contributed by atoms with van der Waals surface area (Å²) in [7, 11) is 0. The number of carboxylic acids is 1. The Bertz CT molecular complexity index is 568. The fourth-order valence-corrected chi connectivity index (χ4v) is 2.09. The molecule has 1 atom stereocenters. The minimum absolute atomic E-state index is 0.0952. The molecule has 0 saturated heterocycles. The van der Waals surface area contributed by atoms with E-state index in [2.05, 4.69) is 0 Å². The summed E-state index contributed by atoms with van der Waals surface area (Å²) in [6.07, 6.45) is 0. The summed E-state index contributed by atoms with van der Waals surface area (Å²) in [6.45, 7) is 0. The number of carboxylic acid groups (broad SMARTS) is 1. The monoisotopic (exact) mass is 261 g/mol. The Kier molecular flexibility index (Phi) is 3.36. The zero-order chi connectivity index (χ0) is 13.2. The molecule has 0 radical (unpaired) electrons. The molecular formula is C14H10ClO3-. The maximum Gasteiger partial charge on any atom is 0.156 e. The van der Waals surface area contributed by atoms with Crippen LogP contribution < -0.4 is 5.11 Å². The van der Waals surface area contributed by atoms with Gasteiger partial charge in [0.1, 0.15) is 0 Å². The quantitative estimate of drug-likeness (QED) is 0.907. The molecule has 0 aliphatic carbocycles. The van der Waals surface area contributed by atoms with Gasteiger partial charge < -0.3 is 15.0 Å². The van der Waals surface area contributed by atoms with Crippen molar-refractivity contribution in [1.29, 1.82) is 0 Å². The summed E-state index contributed by atoms with van der Waals surface area (Å²) in [5, 5.41) is 22.0. The van der Waals surface area contributed by atoms with Crippen molar-refractivity contribution in [2.45, 2.75) is 5.60 Å². The van der Waals surface area contributed by atoms with E-state index >= 15 is 0 Å². The van der Waals surface area contributed by atoms with E-state index in [0.29, 0.717) is 0 Å². The summed E-state index contributed by atoms with van der Waals surface area (Å²) in [5.74, 6) is -1.61. The fraction of sp³-hybridized carbons (Fsp3) is 0.0714. The van der Waals surface area contributed by atoms with Crippen LogP contribution in [-0.2, 0) is 10.4 Å². The molecule has 0 heterocycles. The van der Waals surface area contributed by atoms with Crippen molar-refractivity contribution in [3.63, 3.8) is 0 Å². The Morgan fingerprint density at radius 1 is 1.06 bits per heavy atom. The SMILES string of the molecule is O=C([O-])C(O)(c1ccccc1)c1ccccc1Cl. The van der Waals surface area contributed by atoms with Crippen LogP contribution in [0.2, 0.25) is 5.02 Å². The molecule has 18 heavy (non-hydrogen) atoms. The first-order chi connectivity index (χ1) is 8.56. The largest absolute Gasteiger partial charge is 0.546 e. The van der Waals surface area contributed by atoms with Crippen LogP contribution in [-0.4, -0.2) is 11.1 Å². The average Bonchev–Trinajstić information content (AvgIpc) is 2.39. The first-order valence-electron chi connectivity index (χ1n) is 5.31. The van der Waals surface area contributed by atoms with Gasteiger partial charge in [-0.1, -0.05) is 60.1 Å². The lowest BCUT2D eigenvalue weighted by Gasteiger charge is -2.30. The number of carbonyl (C=O) groups is 1. The number of halogens is 1. The second-order valence-electron chi connectivity index (χ2n) is 3.84. The summed E-state index contributed by atoms with van der Waals surface area (Å²) < 4.78 is 0. The van der Waals surface area contributed by atoms with E-state index in [-0.39, 0.29) is 16.1 Å². The number of hydrogen-bond acceptors (Lipinski definition) is 3. The standard InChI is InChI=1S/C14H11ClO3/c15-12-9-5-4-8-11(12)14(18,13(16)17)10-6-2-1-3-7-10/h1-9,18H,(H,16,17)/p-1. The van der Waals surface area contributed by atoms with Gasteiger partial charge in [-0.25, -0.2) is 0 Å². The number of hydrogen-bond donors (Lipinski definition) is 1. The predicted molar refractivity (Wildman–Crippen MR) is 65.9 cm³/mol. The molecule has 92 valence electrons. The maximum absolute atomic E-state index is 11.4. The fourth-order valence-electron chi connectivity index (χ4n) is 1.82. The highest BCUT2D eigenvalue weighted by atomic mass is 35.5. The van der Waals surface area contributed by atoms with Crippen molar-refractivity contribution in [2.75, 3.05) is 0 Å². The number of aliphatic hydroxyl groups is 1. The summed E-state index contributed by atoms with van der Waals surface area (Å²) in [6, 6.07) is 14.3. The van der Waals surface area contributed by atoms with Crippen LogP contribution in [0.3, 0.4) is 0 Å². The Morgan fingerprint density at radius 2 is 1.61 bits per heavy atom. The topological polar surface area (TPSA) is 60.4 Å². The van der Waals surface area contributed by atoms with Gasteiger partial charge in [0, 0.05) is 10.6 Å². The normalized spacial score (nSPS) is 13.9. The summed E-state index contributed by atoms with van der Waals surface area (Å²) >= 11 is 5.95. The van der Waals surface area contributed by atoms with Gasteiger partial charge in [0.05, 0.1) is 5.97 Å². The highest BCUT2D eigenvalue weighted by Crippen LogP contribution is 2.33. The van der Waals surface area contributed by atoms with Gasteiger partial charge in [-0.15, -0.1) is 0 Å². The molecule has 0 saturated carbocycles. The molecule has 0 aliphatic rings. The van der Waals surface area contributed by atoms with Gasteiger partial charge in [0.15, 0.2) is 5.60 Å². The van der Waals surface area contributed by atoms with E-state index in [1.165, 1.54) is 24.3 Å². The predicted octanol–water partition coefficient (Wildman–Crippen LogP) is 1.33. The smallest absolute Gasteiger partial charge is 0.156 e. The zero-order valence-corrected chi connectivity index (χ0v) is 10.1. The van der Waals surface area contributed by atoms with Crippen LogP contribution >= 0.6 is 11.6 Å². The van der Waals surface area contributed by atoms with Crippen molar-refractivity contribution in [3.05, 3.63) is 70.7 Å². The second-order valence-corrected chi connectivity index (χ2v) is 4.25. The van der Waals surface area contributed by atoms with Crippen LogP contribution in [0.1, 0.15) is 11.1 Å². The molecule has 2 aromatic rings. The third-order valence-corrected chi connectivity index (χ3v) is 3.08. The van der Waals surface area contributed by atoms with E-state index in [1.807, 2.05) is 0 Å². The molecular weight excluding hydrogens is 252 g/mol. The Balaban J connectivity index is 2.67. The van der Waals surface area contributed by atoms with Gasteiger partial charge in [0.25, 0.3) is 0 Å². The minimum atomic E-state index is -2.25. The molecule has 0 aromatic heterocycles. The molecule has 1 N–H and O–H groups in total. The number of benzene rings is 2. The van der Waals surface area contributed by atoms with Crippen molar-refractivity contribution in [1.82, 2.24) is 0 Å². The van der Waals surface area contributed by atoms with Crippen LogP contribution in [0.4, 0.5) is 0 Å². The molecule has 2 rings (SSSR count). The van der Waals surface area contributed by atoms with E-state index < -0.39 is 11.6 Å². The van der Waals surface area contributed by atoms with Crippen LogP contribution in [0, 0.1) is 0 Å². The average molecular weight is 262 g/mol. The lowest BCUT2D eigenvalue weighted by atomic mass is 9.86. The van der Waals surface area contributed by atoms with Crippen molar-refractivity contribution >= 4 is 17.6 Å². The number of carbonyl (C=O) groups excluding carboxylic acids is 1. The van der Waals surface area contributed by atoms with E-state index in [0.717, 1.165) is 0 Å². The van der Waals surface area contributed by atoms with Gasteiger partial charge in [0.2, 0.25) is 0 Å². The number of rotatable bonds is 3. The van der Waals surface area contributed by atoms with Gasteiger partial charge in [-0.2, -0.15) is 0 Å². The zero-order valence-electron chi connectivity index (χ0n) is 9.34. The molecule has 1 unspecified atom stereocenters. The first-order valence-corrected chi connectivity index (χ1v) is 5.69. The van der Waals surface area contributed by atoms with Crippen LogP contribution in [0.25, 0.3) is 0 Å². The van der Waals surface area contributed by atoms with Crippen molar-refractivity contribution < 1.29 is 15.0 Å². The Hall–Kier alpha value is -1.84. The number of aliphatic carboxylic acids is 1. The maximum atomic E-state index is 11.4. The highest BCUT2D eigenvalue weighted by Gasteiger charge is 2.34. The van der Waals surface area contributed by atoms with Crippen molar-refractivity contribution in [2.24, 2.45) is 0 Å². The molecule has 2 aromatic carbocycles. The summed E-state index contributed by atoms with van der Waals surface area (Å²) in [5.41, 5.74) is -1.95. The van der Waals surface area contributed by atoms with Crippen LogP contribution in [0.5, 0.6) is 0 Å². The molecule has 0 spiro atoms. The van der Waals surface area contributed by atoms with Crippen LogP contribution in [0.15, 0.2) is 54.6 Å². The lowest BCUT2D eigenvalue weighted by molar-refractivity contribution is -0.322. The molecule has 0 bridgehead atoms. The Labute approximate surface area is 109 Å². The van der Waals surface area contributed by atoms with E-state index in [1.54, 1.807) is 30.3 Å². The molecule has 3 nitrogen and oxygen atoms in total. The molecule has 4 heteroatoms. The third kappa shape index (κ3) is 1.98. The van der Waals surface area contributed by atoms with Gasteiger partial charge in [-0.3, -0.25) is 0 Å². The molecule has 0 fully saturated rings. The molecule has 0 amide bonds. The van der Waals surface area contributed by atoms with Crippen molar-refractivity contribution in [3.8, 4) is 0 Å². The van der Waals surface area contributed by atoms with E-state index in [9.17, 15) is 15.0 Å². The third-order valence-electron chi connectivity index (χ3n) is 2.75. The van der Waals surface area contributed by atoms with E-state index in [4.69, 9.17) is 11.6 Å². The summed E-state index contributed by atoms with van der Waals surface area (Å²) in [4.78, 5) is 11.4. The Morgan fingerprint density at radius 3 is 2.17 bits per heavy atom.